The van der Waals surface area contributed by atoms with Gasteiger partial charge in [-0.3, -0.25) is 9.80 Å². The van der Waals surface area contributed by atoms with Crippen LogP contribution in [-0.2, 0) is 4.74 Å². The molecule has 2 unspecified atom stereocenters. The first-order valence-electron chi connectivity index (χ1n) is 6.67. The number of hydrogen-bond acceptors (Lipinski definition) is 3. The van der Waals surface area contributed by atoms with Crippen molar-refractivity contribution in [1.29, 1.82) is 0 Å². The number of nitrogens with zero attached hydrogens (tertiary/aromatic N) is 2. The van der Waals surface area contributed by atoms with E-state index in [0.29, 0.717) is 12.1 Å². The molecule has 0 aliphatic carbocycles. The molecule has 100 valence electrons. The zero-order valence-electron chi connectivity index (χ0n) is 11.6. The summed E-state index contributed by atoms with van der Waals surface area (Å²) in [7, 11) is 0. The van der Waals surface area contributed by atoms with Gasteiger partial charge in [0.05, 0.1) is 11.8 Å². The number of hydrogen-bond donors (Lipinski definition) is 0. The molecule has 2 aliphatic rings. The molecule has 0 bridgehead atoms. The van der Waals surface area contributed by atoms with Gasteiger partial charge in [-0.15, -0.1) is 0 Å². The molecule has 0 spiro atoms. The molecule has 2 atom stereocenters. The first kappa shape index (κ1) is 13.4. The predicted octanol–water partition coefficient (Wildman–Crippen LogP) is 2.38. The van der Waals surface area contributed by atoms with Gasteiger partial charge in [0, 0.05) is 38.6 Å². The van der Waals surface area contributed by atoms with Crippen molar-refractivity contribution in [2.45, 2.75) is 32.4 Å². The van der Waals surface area contributed by atoms with E-state index in [1.165, 1.54) is 5.57 Å². The van der Waals surface area contributed by atoms with Crippen LogP contribution in [0, 0.1) is 0 Å². The zero-order chi connectivity index (χ0) is 13.3. The molecule has 2 aliphatic heterocycles. The molecule has 0 aromatic carbocycles. The third kappa shape index (κ3) is 2.68. The minimum Gasteiger partial charge on any atom is -0.466 e. The smallest absolute Gasteiger partial charge is 0.114 e. The predicted molar refractivity (Wildman–Crippen MR) is 75.2 cm³/mol. The van der Waals surface area contributed by atoms with Crippen LogP contribution in [0.4, 0.5) is 0 Å². The highest BCUT2D eigenvalue weighted by atomic mass is 16.5. The Hall–Kier alpha value is -1.06. The maximum absolute atomic E-state index is 5.48. The minimum absolute atomic E-state index is 0.333. The topological polar surface area (TPSA) is 15.7 Å². The molecule has 2 saturated heterocycles. The lowest BCUT2D eigenvalue weighted by molar-refractivity contribution is 0.0911. The van der Waals surface area contributed by atoms with Crippen LogP contribution >= 0.6 is 0 Å². The van der Waals surface area contributed by atoms with Crippen molar-refractivity contribution in [2.24, 2.45) is 0 Å². The number of rotatable bonds is 3. The van der Waals surface area contributed by atoms with Crippen LogP contribution in [0.5, 0.6) is 0 Å². The molecule has 0 saturated carbocycles. The Bertz CT molecular complexity index is 367. The molecule has 2 fully saturated rings. The molecule has 3 nitrogen and oxygen atoms in total. The van der Waals surface area contributed by atoms with Crippen LogP contribution in [0.2, 0.25) is 0 Å². The fraction of sp³-hybridized carbons (Fsp3) is 0.600. The van der Waals surface area contributed by atoms with Crippen LogP contribution in [0.15, 0.2) is 36.8 Å². The lowest BCUT2D eigenvalue weighted by Crippen LogP contribution is -2.52. The van der Waals surface area contributed by atoms with E-state index in [1.807, 2.05) is 0 Å². The standard InChI is InChI=1S/C15H24N2O/c1-11(2)13(4)16-6-8-17(9-7-16)15-10-12(3)18-14(15)5/h13,15H,1,3,5-10H2,2,4H3. The van der Waals surface area contributed by atoms with Crippen molar-refractivity contribution < 1.29 is 4.74 Å². The van der Waals surface area contributed by atoms with E-state index in [2.05, 4.69) is 43.4 Å². The van der Waals surface area contributed by atoms with Crippen molar-refractivity contribution >= 4 is 0 Å². The van der Waals surface area contributed by atoms with Gasteiger partial charge >= 0.3 is 0 Å². The van der Waals surface area contributed by atoms with Crippen molar-refractivity contribution in [3.8, 4) is 0 Å². The molecule has 0 aromatic rings. The Morgan fingerprint density at radius 2 is 1.89 bits per heavy atom. The zero-order valence-corrected chi connectivity index (χ0v) is 11.6. The highest BCUT2D eigenvalue weighted by Crippen LogP contribution is 2.29. The lowest BCUT2D eigenvalue weighted by atomic mass is 10.1. The Labute approximate surface area is 110 Å². The Morgan fingerprint density at radius 3 is 2.33 bits per heavy atom. The van der Waals surface area contributed by atoms with E-state index in [9.17, 15) is 0 Å². The molecule has 2 heterocycles. The van der Waals surface area contributed by atoms with E-state index in [-0.39, 0.29) is 0 Å². The van der Waals surface area contributed by atoms with E-state index in [4.69, 9.17) is 4.74 Å². The summed E-state index contributed by atoms with van der Waals surface area (Å²) in [6, 6.07) is 0.810. The fourth-order valence-corrected chi connectivity index (χ4v) is 2.71. The van der Waals surface area contributed by atoms with Gasteiger partial charge in [-0.1, -0.05) is 25.3 Å². The van der Waals surface area contributed by atoms with Gasteiger partial charge in [-0.2, -0.15) is 0 Å². The average molecular weight is 248 g/mol. The summed E-state index contributed by atoms with van der Waals surface area (Å²) < 4.78 is 5.48. The molecule has 18 heavy (non-hydrogen) atoms. The van der Waals surface area contributed by atoms with Crippen LogP contribution in [0.3, 0.4) is 0 Å². The maximum atomic E-state index is 5.48. The molecular weight excluding hydrogens is 224 g/mol. The first-order valence-corrected chi connectivity index (χ1v) is 6.67. The highest BCUT2D eigenvalue weighted by molar-refractivity contribution is 5.14. The van der Waals surface area contributed by atoms with Crippen molar-refractivity contribution in [2.75, 3.05) is 26.2 Å². The molecular formula is C15H24N2O. The van der Waals surface area contributed by atoms with Gasteiger partial charge in [0.1, 0.15) is 5.76 Å². The molecule has 0 radical (unpaired) electrons. The summed E-state index contributed by atoms with van der Waals surface area (Å²) in [6.45, 7) is 20.6. The lowest BCUT2D eigenvalue weighted by Gasteiger charge is -2.40. The van der Waals surface area contributed by atoms with Gasteiger partial charge in [0.15, 0.2) is 0 Å². The normalized spacial score (nSPS) is 28.2. The molecule has 0 amide bonds. The SMILES string of the molecule is C=C1CC(N2CCN(C(C)C(=C)C)CC2)C(=C)O1. The van der Waals surface area contributed by atoms with E-state index >= 15 is 0 Å². The summed E-state index contributed by atoms with van der Waals surface area (Å²) in [5, 5.41) is 0. The first-order chi connectivity index (χ1) is 8.49. The fourth-order valence-electron chi connectivity index (χ4n) is 2.71. The summed E-state index contributed by atoms with van der Waals surface area (Å²) in [5.74, 6) is 1.71. The van der Waals surface area contributed by atoms with Gasteiger partial charge in [0.25, 0.3) is 0 Å². The number of piperazine rings is 1. The third-order valence-corrected chi connectivity index (χ3v) is 4.12. The van der Waals surface area contributed by atoms with Gasteiger partial charge in [-0.25, -0.2) is 0 Å². The van der Waals surface area contributed by atoms with Gasteiger partial charge in [-0.05, 0) is 13.8 Å². The summed E-state index contributed by atoms with van der Waals surface area (Å²) in [4.78, 5) is 4.95. The van der Waals surface area contributed by atoms with E-state index < -0.39 is 0 Å². The Kier molecular flexibility index (Phi) is 3.93. The average Bonchev–Trinajstić information content (AvgIpc) is 2.67. The Balaban J connectivity index is 1.89. The van der Waals surface area contributed by atoms with E-state index in [1.54, 1.807) is 0 Å². The third-order valence-electron chi connectivity index (χ3n) is 4.12. The summed E-state index contributed by atoms with van der Waals surface area (Å²) >= 11 is 0. The Morgan fingerprint density at radius 1 is 1.28 bits per heavy atom. The van der Waals surface area contributed by atoms with Crippen LogP contribution in [0.1, 0.15) is 20.3 Å². The molecule has 0 N–H and O–H groups in total. The van der Waals surface area contributed by atoms with E-state index in [0.717, 1.165) is 44.1 Å². The summed E-state index contributed by atoms with van der Waals surface area (Å²) in [6.07, 6.45) is 0.898. The summed E-state index contributed by atoms with van der Waals surface area (Å²) in [5.41, 5.74) is 1.24. The second-order valence-electron chi connectivity index (χ2n) is 5.42. The van der Waals surface area contributed by atoms with Crippen LogP contribution in [-0.4, -0.2) is 48.1 Å². The second kappa shape index (κ2) is 5.29. The molecule has 3 heteroatoms. The maximum Gasteiger partial charge on any atom is 0.114 e. The second-order valence-corrected chi connectivity index (χ2v) is 5.42. The van der Waals surface area contributed by atoms with Gasteiger partial charge < -0.3 is 4.74 Å². The highest BCUT2D eigenvalue weighted by Gasteiger charge is 2.32. The molecule has 0 aromatic heterocycles. The van der Waals surface area contributed by atoms with Crippen molar-refractivity contribution in [3.05, 3.63) is 36.8 Å². The minimum atomic E-state index is 0.333. The van der Waals surface area contributed by atoms with Crippen LogP contribution in [0.25, 0.3) is 0 Å². The van der Waals surface area contributed by atoms with Crippen molar-refractivity contribution in [1.82, 2.24) is 9.80 Å². The van der Waals surface area contributed by atoms with Crippen LogP contribution < -0.4 is 0 Å². The largest absolute Gasteiger partial charge is 0.466 e. The quantitative estimate of drug-likeness (QED) is 0.713. The van der Waals surface area contributed by atoms with Crippen molar-refractivity contribution in [3.63, 3.8) is 0 Å². The van der Waals surface area contributed by atoms with Gasteiger partial charge in [0.2, 0.25) is 0 Å². The monoisotopic (exact) mass is 248 g/mol. The number of ether oxygens (including phenoxy) is 1. The molecule has 2 rings (SSSR count).